The molecule has 0 saturated carbocycles. The van der Waals surface area contributed by atoms with E-state index < -0.39 is 66.1 Å². The Bertz CT molecular complexity index is 3830. The number of rotatable bonds is 8. The molecule has 0 saturated heterocycles. The SMILES string of the molecule is [2H]C([2H])([2H])Cc1ccc(-c2ccc(C([2H])([2H])[2H])c[n+]2C)c(C)c1.[2H]C([2H])([2H])c1ccc(-c2ccc(C([2H])(C)C([2H])([2H])[2H])c[n+]2C)c(C)c1.[2H]C([2H])([2H])c1ccc(-c2ccc(C([2H])(C)C([2H])([2H])[2H])cc2C)[n+](C)c1.[2H]C([2H])([2H])c1ccc(-c2ccc(C([2H])([2H])C)c[n+]2C)c(C)c1. The van der Waals surface area contributed by atoms with Crippen LogP contribution in [0.4, 0.5) is 0 Å². The second-order valence-corrected chi connectivity index (χ2v) is 17.6. The van der Waals surface area contributed by atoms with E-state index in [4.69, 9.17) is 34.3 Å². The van der Waals surface area contributed by atoms with Crippen LogP contribution in [-0.2, 0) is 41.0 Å². The van der Waals surface area contributed by atoms with Crippen LogP contribution < -0.4 is 18.3 Å². The number of nitrogens with zero attached hydrogens (tertiary/aromatic N) is 4. The van der Waals surface area contributed by atoms with Gasteiger partial charge in [0.05, 0.1) is 0 Å². The molecule has 2 atom stereocenters. The summed E-state index contributed by atoms with van der Waals surface area (Å²) >= 11 is 0. The zero-order chi connectivity index (χ0) is 72.5. The van der Waals surface area contributed by atoms with Crippen molar-refractivity contribution >= 4 is 0 Å². The maximum atomic E-state index is 8.20. The van der Waals surface area contributed by atoms with E-state index in [9.17, 15) is 0 Å². The molecule has 4 heteroatoms. The van der Waals surface area contributed by atoms with Crippen molar-refractivity contribution in [3.05, 3.63) is 213 Å². The van der Waals surface area contributed by atoms with Crippen molar-refractivity contribution in [3.8, 4) is 45.0 Å². The number of pyridine rings is 4. The first-order valence-electron chi connectivity index (χ1n) is 35.4. The van der Waals surface area contributed by atoms with Gasteiger partial charge in [-0.05, 0) is 162 Å². The fraction of sp³-hybridized carbons (Fsp3) is 0.333. The molecule has 0 aliphatic rings. The van der Waals surface area contributed by atoms with Crippen LogP contribution in [0.3, 0.4) is 0 Å². The summed E-state index contributed by atoms with van der Waals surface area (Å²) in [6.07, 6.45) is 5.25. The van der Waals surface area contributed by atoms with Crippen molar-refractivity contribution in [2.75, 3.05) is 0 Å². The van der Waals surface area contributed by atoms with Gasteiger partial charge in [-0.3, -0.25) is 0 Å². The van der Waals surface area contributed by atoms with Gasteiger partial charge in [-0.2, -0.15) is 0 Å². The van der Waals surface area contributed by atoms with E-state index in [1.54, 1.807) is 151 Å². The molecular weight excluding hydrogens is 849 g/mol. The first-order valence-corrected chi connectivity index (χ1v) is 22.9. The lowest BCUT2D eigenvalue weighted by Gasteiger charge is -2.10. The summed E-state index contributed by atoms with van der Waals surface area (Å²) in [5.41, 5.74) is 13.9. The fourth-order valence-corrected chi connectivity index (χ4v) is 8.13. The molecule has 0 aliphatic carbocycles. The van der Waals surface area contributed by atoms with E-state index in [2.05, 4.69) is 0 Å². The average Bonchev–Trinajstić information content (AvgIpc) is 0.799. The van der Waals surface area contributed by atoms with Crippen molar-refractivity contribution in [1.29, 1.82) is 0 Å². The predicted molar refractivity (Wildman–Crippen MR) is 297 cm³/mol. The van der Waals surface area contributed by atoms with Crippen LogP contribution in [0.25, 0.3) is 45.0 Å². The lowest BCUT2D eigenvalue weighted by molar-refractivity contribution is -0.661. The number of benzene rings is 4. The molecule has 0 amide bonds. The molecule has 2 unspecified atom stereocenters. The third kappa shape index (κ3) is 14.3. The fourth-order valence-electron chi connectivity index (χ4n) is 8.13. The molecule has 0 bridgehead atoms. The largest absolute Gasteiger partial charge is 0.212 e. The van der Waals surface area contributed by atoms with Gasteiger partial charge in [-0.15, -0.1) is 0 Å². The third-order valence-corrected chi connectivity index (χ3v) is 12.0. The molecule has 8 aromatic rings. The lowest BCUT2D eigenvalue weighted by atomic mass is 9.96. The summed E-state index contributed by atoms with van der Waals surface area (Å²) in [6.45, 7) is -3.59. The monoisotopic (exact) mass is 958 g/mol. The second-order valence-electron chi connectivity index (χ2n) is 17.6. The van der Waals surface area contributed by atoms with E-state index in [1.165, 1.54) is 20.8 Å². The Hall–Kier alpha value is -6.52. The van der Waals surface area contributed by atoms with Crippen LogP contribution in [0.2, 0.25) is 0 Å². The van der Waals surface area contributed by atoms with Gasteiger partial charge in [0, 0.05) is 103 Å². The van der Waals surface area contributed by atoms with E-state index >= 15 is 0 Å². The van der Waals surface area contributed by atoms with Crippen LogP contribution in [-0.4, -0.2) is 0 Å². The summed E-state index contributed by atoms with van der Waals surface area (Å²) in [7, 11) is 7.22. The van der Waals surface area contributed by atoms with E-state index in [0.29, 0.717) is 27.8 Å². The molecular formula is C66H84N4+4. The first-order chi connectivity index (χ1) is 43.0. The highest BCUT2D eigenvalue weighted by Crippen LogP contribution is 2.27. The number of hydrogen-bond donors (Lipinski definition) is 0. The van der Waals surface area contributed by atoms with Crippen LogP contribution in [0, 0.1) is 55.1 Å². The highest BCUT2D eigenvalue weighted by atomic mass is 14.9. The van der Waals surface area contributed by atoms with Gasteiger partial charge in [0.15, 0.2) is 24.8 Å². The maximum absolute atomic E-state index is 8.20. The Balaban J connectivity index is 0.000000230. The Morgan fingerprint density at radius 3 is 1.23 bits per heavy atom. The summed E-state index contributed by atoms with van der Waals surface area (Å²) in [6, 6.07) is 34.6. The Kier molecular flexibility index (Phi) is 10.3. The van der Waals surface area contributed by atoms with Crippen LogP contribution >= 0.6 is 0 Å². The Labute approximate surface area is 459 Å². The van der Waals surface area contributed by atoms with Gasteiger partial charge in [0.2, 0.25) is 22.8 Å². The van der Waals surface area contributed by atoms with Gasteiger partial charge < -0.3 is 0 Å². The molecule has 4 aromatic heterocycles. The quantitative estimate of drug-likeness (QED) is 0.135. The highest BCUT2D eigenvalue weighted by molar-refractivity contribution is 5.64. The molecule has 0 aliphatic heterocycles. The van der Waals surface area contributed by atoms with E-state index in [-0.39, 0.29) is 17.5 Å². The maximum Gasteiger partial charge on any atom is 0.212 e. The van der Waals surface area contributed by atoms with Gasteiger partial charge in [0.1, 0.15) is 28.2 Å². The van der Waals surface area contributed by atoms with Gasteiger partial charge in [0.25, 0.3) is 0 Å². The minimum absolute atomic E-state index is 0.0399. The summed E-state index contributed by atoms with van der Waals surface area (Å²) < 4.78 is 196. The smallest absolute Gasteiger partial charge is 0.201 e. The van der Waals surface area contributed by atoms with Crippen molar-refractivity contribution in [1.82, 2.24) is 0 Å². The normalized spacial score (nSPS) is 19.2. The molecule has 4 aromatic carbocycles. The third-order valence-electron chi connectivity index (χ3n) is 12.0. The minimum atomic E-state index is -2.43. The topological polar surface area (TPSA) is 15.5 Å². The lowest BCUT2D eigenvalue weighted by Crippen LogP contribution is -2.31. The molecule has 70 heavy (non-hydrogen) atoms. The molecule has 4 heterocycles. The molecule has 4 nitrogen and oxygen atoms in total. The number of hydrogen-bond acceptors (Lipinski definition) is 0. The Morgan fingerprint density at radius 2 is 0.814 bits per heavy atom. The minimum Gasteiger partial charge on any atom is -0.201 e. The molecule has 0 N–H and O–H groups in total. The second kappa shape index (κ2) is 24.9. The summed E-state index contributed by atoms with van der Waals surface area (Å²) in [5, 5.41) is 0. The van der Waals surface area contributed by atoms with E-state index in [1.807, 2.05) is 69.6 Å². The molecule has 8 rings (SSSR count). The number of aryl methyl sites for hydroxylation is 14. The molecule has 364 valence electrons. The summed E-state index contributed by atoms with van der Waals surface area (Å²) in [4.78, 5) is 0. The van der Waals surface area contributed by atoms with Crippen LogP contribution in [0.15, 0.2) is 146 Å². The zero-order valence-corrected chi connectivity index (χ0v) is 42.4. The molecule has 0 radical (unpaired) electrons. The highest BCUT2D eigenvalue weighted by Gasteiger charge is 2.17. The van der Waals surface area contributed by atoms with Gasteiger partial charge in [-0.1, -0.05) is 101 Å². The molecule has 0 spiro atoms. The first kappa shape index (κ1) is 29.0. The predicted octanol–water partition coefficient (Wildman–Crippen LogP) is 14.6. The van der Waals surface area contributed by atoms with Crippen molar-refractivity contribution in [2.45, 2.75) is 121 Å². The number of aromatic nitrogens is 4. The summed E-state index contributed by atoms with van der Waals surface area (Å²) in [5.74, 6) is -3.40. The standard InChI is InChI=1S/2C17H22N.2C16H20N/c1-12(2)15-7-8-16(14(4)10-15)17-9-6-13(3)11-18(17)5;1-12(2)15-7-9-17(18(5)11-15)16-8-6-13(3)10-14(16)4;1-5-14-7-8-15(13(3)10-14)16-9-6-12(2)11-17(16)4;1-5-14-7-9-16(17(4)11-14)15-8-6-12(2)10-13(15)3/h2*6-12H,1-5H3;2*6-11H,5H2,1-4H3/q4*+1/i2*1D3,3D3,12D;1D3,2D3;2D3,5D2. The average molecular weight is 959 g/mol. The van der Waals surface area contributed by atoms with E-state index in [0.717, 1.165) is 72.8 Å². The Morgan fingerprint density at radius 1 is 0.429 bits per heavy atom. The zero-order valence-electron chi connectivity index (χ0n) is 67.4. The van der Waals surface area contributed by atoms with Crippen LogP contribution in [0.1, 0.15) is 154 Å². The van der Waals surface area contributed by atoms with Gasteiger partial charge >= 0.3 is 0 Å². The van der Waals surface area contributed by atoms with Gasteiger partial charge in [-0.25, -0.2) is 18.3 Å². The van der Waals surface area contributed by atoms with Crippen molar-refractivity contribution in [3.63, 3.8) is 0 Å². The molecule has 0 fully saturated rings. The van der Waals surface area contributed by atoms with Crippen LogP contribution in [0.5, 0.6) is 0 Å². The van der Waals surface area contributed by atoms with Crippen molar-refractivity contribution < 1.29 is 52.5 Å². The van der Waals surface area contributed by atoms with Crippen molar-refractivity contribution in [2.24, 2.45) is 28.2 Å².